The summed E-state index contributed by atoms with van der Waals surface area (Å²) < 4.78 is 0. The molecule has 1 saturated carbocycles. The zero-order valence-electron chi connectivity index (χ0n) is 16.7. The molecule has 1 atom stereocenters. The summed E-state index contributed by atoms with van der Waals surface area (Å²) >= 11 is 0. The Morgan fingerprint density at radius 3 is 2.48 bits per heavy atom. The Balaban J connectivity index is 1.42. The van der Waals surface area contributed by atoms with Gasteiger partial charge in [0.2, 0.25) is 11.8 Å². The van der Waals surface area contributed by atoms with Crippen molar-refractivity contribution in [2.45, 2.75) is 64.8 Å². The molecule has 3 aliphatic rings. The van der Waals surface area contributed by atoms with Crippen LogP contribution in [0.3, 0.4) is 0 Å². The highest BCUT2D eigenvalue weighted by molar-refractivity contribution is 5.86. The standard InChI is InChI=1S/C23H32N2O2/c1-17(2)19-9-7-18(8-10-19)15-24-13-4-11-23(22(24)27)12-14-25(16-23)21(26)20-5-3-6-20/h7-10,17,20H,3-6,11-16H2,1-2H3. The van der Waals surface area contributed by atoms with Gasteiger partial charge in [-0.25, -0.2) is 0 Å². The van der Waals surface area contributed by atoms with E-state index < -0.39 is 0 Å². The number of likely N-dealkylation sites (tertiary alicyclic amines) is 2. The summed E-state index contributed by atoms with van der Waals surface area (Å²) in [5.74, 6) is 1.32. The number of carbonyl (C=O) groups is 2. The molecule has 1 aliphatic carbocycles. The van der Waals surface area contributed by atoms with Crippen LogP contribution >= 0.6 is 0 Å². The van der Waals surface area contributed by atoms with Crippen LogP contribution in [0.4, 0.5) is 0 Å². The lowest BCUT2D eigenvalue weighted by Crippen LogP contribution is -2.50. The summed E-state index contributed by atoms with van der Waals surface area (Å²) in [6.07, 6.45) is 6.07. The number of piperidine rings is 1. The van der Waals surface area contributed by atoms with Crippen LogP contribution in [0.15, 0.2) is 24.3 Å². The monoisotopic (exact) mass is 368 g/mol. The van der Waals surface area contributed by atoms with Crippen molar-refractivity contribution in [2.24, 2.45) is 11.3 Å². The number of benzene rings is 1. The Morgan fingerprint density at radius 1 is 1.11 bits per heavy atom. The van der Waals surface area contributed by atoms with E-state index in [4.69, 9.17) is 0 Å². The van der Waals surface area contributed by atoms with Crippen molar-refractivity contribution in [3.8, 4) is 0 Å². The second-order valence-electron chi connectivity index (χ2n) is 9.14. The van der Waals surface area contributed by atoms with E-state index in [1.807, 2.05) is 9.80 Å². The molecule has 1 spiro atoms. The highest BCUT2D eigenvalue weighted by Gasteiger charge is 2.50. The molecule has 1 aromatic rings. The van der Waals surface area contributed by atoms with E-state index in [9.17, 15) is 9.59 Å². The fraction of sp³-hybridized carbons (Fsp3) is 0.652. The molecular formula is C23H32N2O2. The second kappa shape index (κ2) is 7.29. The Labute approximate surface area is 162 Å². The van der Waals surface area contributed by atoms with Gasteiger partial charge in [0, 0.05) is 32.1 Å². The van der Waals surface area contributed by atoms with Crippen molar-refractivity contribution < 1.29 is 9.59 Å². The fourth-order valence-electron chi connectivity index (χ4n) is 4.88. The van der Waals surface area contributed by atoms with Crippen LogP contribution in [0.25, 0.3) is 0 Å². The van der Waals surface area contributed by atoms with E-state index in [0.717, 1.165) is 45.2 Å². The topological polar surface area (TPSA) is 40.6 Å². The van der Waals surface area contributed by atoms with Gasteiger partial charge in [-0.1, -0.05) is 44.5 Å². The van der Waals surface area contributed by atoms with Crippen molar-refractivity contribution in [2.75, 3.05) is 19.6 Å². The molecule has 1 unspecified atom stereocenters. The van der Waals surface area contributed by atoms with Crippen molar-refractivity contribution in [1.29, 1.82) is 0 Å². The summed E-state index contributed by atoms with van der Waals surface area (Å²) in [6, 6.07) is 8.67. The predicted molar refractivity (Wildman–Crippen MR) is 106 cm³/mol. The Bertz CT molecular complexity index is 708. The highest BCUT2D eigenvalue weighted by Crippen LogP contribution is 2.42. The van der Waals surface area contributed by atoms with Crippen molar-refractivity contribution in [3.05, 3.63) is 35.4 Å². The predicted octanol–water partition coefficient (Wildman–Crippen LogP) is 3.95. The molecule has 2 heterocycles. The largest absolute Gasteiger partial charge is 0.341 e. The normalized spacial score (nSPS) is 26.1. The lowest BCUT2D eigenvalue weighted by molar-refractivity contribution is -0.147. The van der Waals surface area contributed by atoms with Gasteiger partial charge in [-0.3, -0.25) is 9.59 Å². The molecule has 0 aromatic heterocycles. The fourth-order valence-corrected chi connectivity index (χ4v) is 4.88. The minimum Gasteiger partial charge on any atom is -0.341 e. The zero-order valence-corrected chi connectivity index (χ0v) is 16.7. The van der Waals surface area contributed by atoms with Crippen LogP contribution in [0.2, 0.25) is 0 Å². The minimum atomic E-state index is -0.324. The number of rotatable bonds is 4. The lowest BCUT2D eigenvalue weighted by atomic mass is 9.78. The van der Waals surface area contributed by atoms with Crippen molar-refractivity contribution in [3.63, 3.8) is 0 Å². The van der Waals surface area contributed by atoms with Gasteiger partial charge in [0.25, 0.3) is 0 Å². The summed E-state index contributed by atoms with van der Waals surface area (Å²) in [6.45, 7) is 7.33. The number of nitrogens with zero attached hydrogens (tertiary/aromatic N) is 2. The number of amides is 2. The average molecular weight is 369 g/mol. The third-order valence-corrected chi connectivity index (χ3v) is 6.96. The molecule has 2 saturated heterocycles. The molecule has 0 radical (unpaired) electrons. The van der Waals surface area contributed by atoms with Crippen molar-refractivity contribution >= 4 is 11.8 Å². The SMILES string of the molecule is CC(C)c1ccc(CN2CCCC3(CCN(C(=O)C4CCC4)C3)C2=O)cc1. The maximum absolute atomic E-state index is 13.3. The summed E-state index contributed by atoms with van der Waals surface area (Å²) in [5, 5.41) is 0. The first-order valence-electron chi connectivity index (χ1n) is 10.7. The van der Waals surface area contributed by atoms with E-state index in [1.54, 1.807) is 0 Å². The number of hydrogen-bond donors (Lipinski definition) is 0. The maximum Gasteiger partial charge on any atom is 0.230 e. The third kappa shape index (κ3) is 3.51. The lowest BCUT2D eigenvalue weighted by Gasteiger charge is -2.39. The molecule has 3 fully saturated rings. The van der Waals surface area contributed by atoms with Gasteiger partial charge >= 0.3 is 0 Å². The minimum absolute atomic E-state index is 0.231. The first kappa shape index (κ1) is 18.5. The molecular weight excluding hydrogens is 336 g/mol. The van der Waals surface area contributed by atoms with Gasteiger partial charge in [0.1, 0.15) is 0 Å². The van der Waals surface area contributed by atoms with Gasteiger partial charge in [0.15, 0.2) is 0 Å². The summed E-state index contributed by atoms with van der Waals surface area (Å²) in [4.78, 5) is 30.0. The second-order valence-corrected chi connectivity index (χ2v) is 9.14. The summed E-state index contributed by atoms with van der Waals surface area (Å²) in [7, 11) is 0. The molecule has 146 valence electrons. The van der Waals surface area contributed by atoms with Gasteiger partial charge in [-0.15, -0.1) is 0 Å². The maximum atomic E-state index is 13.3. The quantitative estimate of drug-likeness (QED) is 0.807. The average Bonchev–Trinajstić information content (AvgIpc) is 3.03. The van der Waals surface area contributed by atoms with Crippen molar-refractivity contribution in [1.82, 2.24) is 9.80 Å². The molecule has 1 aromatic carbocycles. The van der Waals surface area contributed by atoms with Crippen LogP contribution in [-0.4, -0.2) is 41.2 Å². The van der Waals surface area contributed by atoms with Gasteiger partial charge < -0.3 is 9.80 Å². The van der Waals surface area contributed by atoms with Crippen LogP contribution in [0.1, 0.15) is 69.4 Å². The van der Waals surface area contributed by atoms with Crippen LogP contribution in [0.5, 0.6) is 0 Å². The van der Waals surface area contributed by atoms with Crippen LogP contribution < -0.4 is 0 Å². The van der Waals surface area contributed by atoms with Gasteiger partial charge in [-0.2, -0.15) is 0 Å². The Hall–Kier alpha value is -1.84. The smallest absolute Gasteiger partial charge is 0.230 e. The first-order valence-corrected chi connectivity index (χ1v) is 10.7. The van der Waals surface area contributed by atoms with E-state index in [0.29, 0.717) is 24.9 Å². The first-order chi connectivity index (χ1) is 13.0. The number of carbonyl (C=O) groups excluding carboxylic acids is 2. The molecule has 4 rings (SSSR count). The third-order valence-electron chi connectivity index (χ3n) is 6.96. The van der Waals surface area contributed by atoms with Crippen LogP contribution in [0, 0.1) is 11.3 Å². The summed E-state index contributed by atoms with van der Waals surface area (Å²) in [5.41, 5.74) is 2.21. The number of hydrogen-bond acceptors (Lipinski definition) is 2. The van der Waals surface area contributed by atoms with Gasteiger partial charge in [-0.05, 0) is 49.1 Å². The molecule has 0 bridgehead atoms. The molecule has 27 heavy (non-hydrogen) atoms. The van der Waals surface area contributed by atoms with Crippen LogP contribution in [-0.2, 0) is 16.1 Å². The Morgan fingerprint density at radius 2 is 1.85 bits per heavy atom. The van der Waals surface area contributed by atoms with E-state index in [-0.39, 0.29) is 17.2 Å². The molecule has 4 heteroatoms. The van der Waals surface area contributed by atoms with E-state index >= 15 is 0 Å². The zero-order chi connectivity index (χ0) is 19.0. The Kier molecular flexibility index (Phi) is 5.00. The molecule has 4 nitrogen and oxygen atoms in total. The van der Waals surface area contributed by atoms with E-state index in [2.05, 4.69) is 38.1 Å². The van der Waals surface area contributed by atoms with Gasteiger partial charge in [0.05, 0.1) is 5.41 Å². The highest BCUT2D eigenvalue weighted by atomic mass is 16.2. The molecule has 2 amide bonds. The molecule has 0 N–H and O–H groups in total. The molecule has 2 aliphatic heterocycles. The van der Waals surface area contributed by atoms with E-state index in [1.165, 1.54) is 17.5 Å².